The van der Waals surface area contributed by atoms with E-state index >= 15 is 0 Å². The second-order valence-electron chi connectivity index (χ2n) is 6.59. The molecule has 2 aliphatic heterocycles. The lowest BCUT2D eigenvalue weighted by Gasteiger charge is -2.45. The molecule has 3 nitrogen and oxygen atoms in total. The highest BCUT2D eigenvalue weighted by Crippen LogP contribution is 2.51. The molecule has 3 heterocycles. The summed E-state index contributed by atoms with van der Waals surface area (Å²) in [5.41, 5.74) is 6.42. The monoisotopic (exact) mass is 368 g/mol. The van der Waals surface area contributed by atoms with Gasteiger partial charge in [-0.25, -0.2) is 0 Å². The summed E-state index contributed by atoms with van der Waals surface area (Å²) in [5, 5.41) is 5.46. The van der Waals surface area contributed by atoms with Crippen molar-refractivity contribution < 1.29 is 17.9 Å². The summed E-state index contributed by atoms with van der Waals surface area (Å²) < 4.78 is 45.6. The van der Waals surface area contributed by atoms with E-state index in [-0.39, 0.29) is 24.2 Å². The van der Waals surface area contributed by atoms with Gasteiger partial charge in [-0.1, -0.05) is 6.07 Å². The van der Waals surface area contributed by atoms with E-state index in [1.807, 2.05) is 11.4 Å². The van der Waals surface area contributed by atoms with E-state index in [9.17, 15) is 13.2 Å². The third-order valence-electron chi connectivity index (χ3n) is 5.09. The van der Waals surface area contributed by atoms with Gasteiger partial charge in [-0.3, -0.25) is 0 Å². The number of anilines is 1. The second kappa shape index (κ2) is 6.30. The summed E-state index contributed by atoms with van der Waals surface area (Å²) in [5.74, 6) is 0.0948. The van der Waals surface area contributed by atoms with Crippen LogP contribution < -0.4 is 11.1 Å². The molecule has 1 aromatic carbocycles. The zero-order valence-electron chi connectivity index (χ0n) is 13.4. The maximum absolute atomic E-state index is 13.1. The molecule has 1 fully saturated rings. The van der Waals surface area contributed by atoms with E-state index in [2.05, 4.69) is 11.4 Å². The summed E-state index contributed by atoms with van der Waals surface area (Å²) in [4.78, 5) is 1.18. The largest absolute Gasteiger partial charge is 0.416 e. The van der Waals surface area contributed by atoms with Gasteiger partial charge in [0.2, 0.25) is 0 Å². The molecule has 0 spiro atoms. The first-order chi connectivity index (χ1) is 12.0. The minimum absolute atomic E-state index is 0.0490. The molecule has 134 valence electrons. The van der Waals surface area contributed by atoms with Gasteiger partial charge in [-0.05, 0) is 42.5 Å². The lowest BCUT2D eigenvalue weighted by atomic mass is 9.78. The van der Waals surface area contributed by atoms with Crippen LogP contribution in [0.2, 0.25) is 0 Å². The van der Waals surface area contributed by atoms with Crippen molar-refractivity contribution in [1.82, 2.24) is 0 Å². The molecule has 4 rings (SSSR count). The summed E-state index contributed by atoms with van der Waals surface area (Å²) in [7, 11) is 0. The summed E-state index contributed by atoms with van der Waals surface area (Å²) in [6, 6.07) is 7.97. The minimum atomic E-state index is -4.36. The van der Waals surface area contributed by atoms with Crippen LogP contribution in [0, 0.1) is 5.92 Å². The maximum atomic E-state index is 13.1. The van der Waals surface area contributed by atoms with Gasteiger partial charge in [0, 0.05) is 28.6 Å². The Hall–Kier alpha value is -1.57. The number of nitrogens with one attached hydrogen (secondary N) is 1. The van der Waals surface area contributed by atoms with Gasteiger partial charge in [0.1, 0.15) is 0 Å². The quantitative estimate of drug-likeness (QED) is 0.806. The molecule has 1 saturated heterocycles. The Bertz CT molecular complexity index is 747. The van der Waals surface area contributed by atoms with Crippen LogP contribution in [-0.2, 0) is 10.9 Å². The smallest absolute Gasteiger partial charge is 0.377 e. The van der Waals surface area contributed by atoms with Crippen LogP contribution in [0.4, 0.5) is 18.9 Å². The van der Waals surface area contributed by atoms with Gasteiger partial charge in [0.05, 0.1) is 23.8 Å². The van der Waals surface area contributed by atoms with Crippen molar-refractivity contribution in [1.29, 1.82) is 0 Å². The molecule has 0 aliphatic carbocycles. The van der Waals surface area contributed by atoms with Crippen LogP contribution in [0.5, 0.6) is 0 Å². The fourth-order valence-electron chi connectivity index (χ4n) is 3.86. The number of benzene rings is 1. The summed E-state index contributed by atoms with van der Waals surface area (Å²) >= 11 is 1.65. The molecular formula is C18H19F3N2OS. The van der Waals surface area contributed by atoms with E-state index in [1.54, 1.807) is 11.3 Å². The molecule has 4 atom stereocenters. The van der Waals surface area contributed by atoms with E-state index in [0.29, 0.717) is 17.8 Å². The molecule has 0 saturated carbocycles. The van der Waals surface area contributed by atoms with Crippen molar-refractivity contribution >= 4 is 17.0 Å². The van der Waals surface area contributed by atoms with Crippen molar-refractivity contribution in [2.45, 2.75) is 37.3 Å². The topological polar surface area (TPSA) is 47.3 Å². The number of alkyl halides is 3. The number of rotatable bonds is 2. The molecule has 3 N–H and O–H groups in total. The molecular weight excluding hydrogens is 349 g/mol. The molecule has 1 aromatic heterocycles. The van der Waals surface area contributed by atoms with E-state index < -0.39 is 11.7 Å². The zero-order chi connectivity index (χ0) is 17.6. The SMILES string of the molecule is NC[C@H]1CC[C@@H]2[C@H](O1)c1cc(C(F)(F)F)ccc1N[C@H]2c1cccs1. The minimum Gasteiger partial charge on any atom is -0.377 e. The lowest BCUT2D eigenvalue weighted by molar-refractivity contribution is -0.138. The van der Waals surface area contributed by atoms with E-state index in [0.717, 1.165) is 18.9 Å². The van der Waals surface area contributed by atoms with Crippen molar-refractivity contribution in [2.75, 3.05) is 11.9 Å². The molecule has 2 aromatic rings. The summed E-state index contributed by atoms with van der Waals surface area (Å²) in [6.45, 7) is 0.384. The third kappa shape index (κ3) is 3.05. The van der Waals surface area contributed by atoms with Crippen LogP contribution in [0.25, 0.3) is 0 Å². The van der Waals surface area contributed by atoms with Gasteiger partial charge in [-0.15, -0.1) is 11.3 Å². The van der Waals surface area contributed by atoms with Gasteiger partial charge in [0.25, 0.3) is 0 Å². The maximum Gasteiger partial charge on any atom is 0.416 e. The average Bonchev–Trinajstić information content (AvgIpc) is 3.13. The Morgan fingerprint density at radius 2 is 2.08 bits per heavy atom. The number of thiophene rings is 1. The van der Waals surface area contributed by atoms with Gasteiger partial charge in [0.15, 0.2) is 0 Å². The second-order valence-corrected chi connectivity index (χ2v) is 7.57. The van der Waals surface area contributed by atoms with Crippen molar-refractivity contribution in [3.63, 3.8) is 0 Å². The average molecular weight is 368 g/mol. The fraction of sp³-hybridized carbons (Fsp3) is 0.444. The highest BCUT2D eigenvalue weighted by atomic mass is 32.1. The third-order valence-corrected chi connectivity index (χ3v) is 6.04. The number of ether oxygens (including phenoxy) is 1. The Morgan fingerprint density at radius 1 is 1.24 bits per heavy atom. The first kappa shape index (κ1) is 16.9. The van der Waals surface area contributed by atoms with Gasteiger partial charge >= 0.3 is 6.18 Å². The fourth-order valence-corrected chi connectivity index (χ4v) is 4.71. The number of hydrogen-bond donors (Lipinski definition) is 2. The Labute approximate surface area is 148 Å². The zero-order valence-corrected chi connectivity index (χ0v) is 14.2. The van der Waals surface area contributed by atoms with Crippen LogP contribution in [0.15, 0.2) is 35.7 Å². The lowest BCUT2D eigenvalue weighted by Crippen LogP contribution is -2.41. The summed E-state index contributed by atoms with van der Waals surface area (Å²) in [6.07, 6.45) is -3.14. The molecule has 0 radical (unpaired) electrons. The molecule has 2 aliphatic rings. The highest BCUT2D eigenvalue weighted by molar-refractivity contribution is 7.10. The Kier molecular flexibility index (Phi) is 4.25. The normalized spacial score (nSPS) is 28.8. The van der Waals surface area contributed by atoms with Crippen molar-refractivity contribution in [3.05, 3.63) is 51.7 Å². The number of nitrogens with two attached hydrogens (primary N) is 1. The van der Waals surface area contributed by atoms with Crippen molar-refractivity contribution in [3.8, 4) is 0 Å². The Morgan fingerprint density at radius 3 is 2.76 bits per heavy atom. The number of halogens is 3. The molecule has 0 amide bonds. The van der Waals surface area contributed by atoms with Crippen molar-refractivity contribution in [2.24, 2.45) is 11.7 Å². The van der Waals surface area contributed by atoms with Crippen LogP contribution in [0.1, 0.15) is 41.0 Å². The molecule has 7 heteroatoms. The number of hydrogen-bond acceptors (Lipinski definition) is 4. The molecule has 0 bridgehead atoms. The molecule has 0 unspecified atom stereocenters. The van der Waals surface area contributed by atoms with Crippen LogP contribution in [-0.4, -0.2) is 12.6 Å². The van der Waals surface area contributed by atoms with E-state index in [4.69, 9.17) is 10.5 Å². The first-order valence-corrected chi connectivity index (χ1v) is 9.22. The van der Waals surface area contributed by atoms with Crippen LogP contribution >= 0.6 is 11.3 Å². The first-order valence-electron chi connectivity index (χ1n) is 8.34. The van der Waals surface area contributed by atoms with Crippen LogP contribution in [0.3, 0.4) is 0 Å². The van der Waals surface area contributed by atoms with Gasteiger partial charge in [-0.2, -0.15) is 13.2 Å². The predicted molar refractivity (Wildman–Crippen MR) is 91.5 cm³/mol. The molecule has 25 heavy (non-hydrogen) atoms. The van der Waals surface area contributed by atoms with E-state index in [1.165, 1.54) is 17.0 Å². The van der Waals surface area contributed by atoms with Gasteiger partial charge < -0.3 is 15.8 Å². The standard InChI is InChI=1S/C18H19F3N2OS/c19-18(20,21)10-3-6-14-13(8-10)17-12(5-4-11(9-22)24-17)16(23-14)15-2-1-7-25-15/h1-3,6-8,11-12,16-17,23H,4-5,9,22H2/t11-,12+,16-,17+/m1/s1. The highest BCUT2D eigenvalue weighted by Gasteiger charge is 2.43. The number of fused-ring (bicyclic) bond motifs is 3. The Balaban J connectivity index is 1.77. The predicted octanol–water partition coefficient (Wildman–Crippen LogP) is 4.73.